The number of hydrogen-bond acceptors (Lipinski definition) is 4. The molecule has 0 radical (unpaired) electrons. The molecule has 6 rings (SSSR count). The molecule has 0 N–H and O–H groups in total. The fourth-order valence-corrected chi connectivity index (χ4v) is 4.80. The lowest BCUT2D eigenvalue weighted by atomic mass is 10.1. The van der Waals surface area contributed by atoms with Crippen LogP contribution in [0, 0.1) is 0 Å². The number of carbonyl (C=O) groups excluding carboxylic acids is 4. The first-order valence-corrected chi connectivity index (χ1v) is 10.6. The summed E-state index contributed by atoms with van der Waals surface area (Å²) in [6, 6.07) is 21.8. The molecule has 0 saturated heterocycles. The van der Waals surface area contributed by atoms with Crippen LogP contribution in [-0.4, -0.2) is 34.5 Å². The van der Waals surface area contributed by atoms with E-state index in [0.29, 0.717) is 22.3 Å². The molecule has 0 aliphatic rings. The highest BCUT2D eigenvalue weighted by molar-refractivity contribution is 6.14. The van der Waals surface area contributed by atoms with Crippen molar-refractivity contribution in [3.63, 3.8) is 0 Å². The standard InChI is InChI=1S/C28H16N2O4/c31-13-17-1-5-25-21(9-17)22-10-18(14-32)2-6-26(22)29(25)30-27-7-3-19(15-33)11-23(27)24-12-20(16-34)4-8-28(24)30/h1-16H. The minimum absolute atomic E-state index is 0.538. The number of rotatable bonds is 5. The molecule has 162 valence electrons. The van der Waals surface area contributed by atoms with Crippen molar-refractivity contribution in [2.24, 2.45) is 0 Å². The first-order valence-electron chi connectivity index (χ1n) is 10.6. The average Bonchev–Trinajstić information content (AvgIpc) is 3.38. The molecule has 0 unspecified atom stereocenters. The van der Waals surface area contributed by atoms with Crippen molar-refractivity contribution in [2.75, 3.05) is 0 Å². The van der Waals surface area contributed by atoms with E-state index >= 15 is 0 Å². The van der Waals surface area contributed by atoms with Crippen LogP contribution >= 0.6 is 0 Å². The molecule has 6 heteroatoms. The lowest BCUT2D eigenvalue weighted by Gasteiger charge is -2.13. The van der Waals surface area contributed by atoms with Crippen molar-refractivity contribution < 1.29 is 19.2 Å². The Bertz CT molecular complexity index is 1570. The Hall–Kier alpha value is -4.84. The van der Waals surface area contributed by atoms with Crippen molar-refractivity contribution >= 4 is 68.8 Å². The van der Waals surface area contributed by atoms with Crippen LogP contribution in [0.5, 0.6) is 0 Å². The fraction of sp³-hybridized carbons (Fsp3) is 0. The van der Waals surface area contributed by atoms with Gasteiger partial charge in [-0.25, -0.2) is 9.35 Å². The molecule has 0 spiro atoms. The molecule has 0 bridgehead atoms. The maximum absolute atomic E-state index is 11.5. The summed E-state index contributed by atoms with van der Waals surface area (Å²) >= 11 is 0. The average molecular weight is 444 g/mol. The summed E-state index contributed by atoms with van der Waals surface area (Å²) in [4.78, 5) is 46.0. The number of benzene rings is 4. The zero-order valence-corrected chi connectivity index (χ0v) is 17.8. The van der Waals surface area contributed by atoms with Gasteiger partial charge in [0, 0.05) is 43.8 Å². The predicted octanol–water partition coefficient (Wildman–Crippen LogP) is 5.46. The Morgan fingerprint density at radius 2 is 0.618 bits per heavy atom. The summed E-state index contributed by atoms with van der Waals surface area (Å²) in [6.07, 6.45) is 3.20. The van der Waals surface area contributed by atoms with Gasteiger partial charge in [0.05, 0.1) is 22.1 Å². The van der Waals surface area contributed by atoms with Crippen LogP contribution < -0.4 is 0 Å². The SMILES string of the molecule is O=Cc1ccc2c(c1)c1cc(C=O)ccc1n2-n1c2ccc(C=O)cc2c2cc(C=O)ccc21. The Balaban J connectivity index is 1.85. The Kier molecular flexibility index (Phi) is 4.28. The van der Waals surface area contributed by atoms with Crippen LogP contribution in [0.25, 0.3) is 43.6 Å². The van der Waals surface area contributed by atoms with E-state index in [4.69, 9.17) is 0 Å². The summed E-state index contributed by atoms with van der Waals surface area (Å²) in [5, 5.41) is 3.36. The van der Waals surface area contributed by atoms with Crippen molar-refractivity contribution in [2.45, 2.75) is 0 Å². The van der Waals surface area contributed by atoms with Gasteiger partial charge in [-0.15, -0.1) is 0 Å². The van der Waals surface area contributed by atoms with Crippen LogP contribution in [-0.2, 0) is 0 Å². The molecule has 2 heterocycles. The molecule has 0 aliphatic heterocycles. The molecule has 6 nitrogen and oxygen atoms in total. The maximum atomic E-state index is 11.5. The van der Waals surface area contributed by atoms with E-state index in [0.717, 1.165) is 68.8 Å². The second kappa shape index (κ2) is 7.35. The molecule has 0 fully saturated rings. The van der Waals surface area contributed by atoms with Gasteiger partial charge < -0.3 is 0 Å². The minimum atomic E-state index is 0.538. The number of aldehydes is 4. The molecule has 2 aromatic heterocycles. The van der Waals surface area contributed by atoms with Crippen molar-refractivity contribution in [1.82, 2.24) is 9.35 Å². The van der Waals surface area contributed by atoms with E-state index in [1.54, 1.807) is 24.3 Å². The molecular weight excluding hydrogens is 428 g/mol. The molecular formula is C28H16N2O4. The monoisotopic (exact) mass is 444 g/mol. The summed E-state index contributed by atoms with van der Waals surface area (Å²) in [6.45, 7) is 0. The summed E-state index contributed by atoms with van der Waals surface area (Å²) in [7, 11) is 0. The summed E-state index contributed by atoms with van der Waals surface area (Å²) in [5.41, 5.74) is 5.55. The highest BCUT2D eigenvalue weighted by atomic mass is 16.1. The maximum Gasteiger partial charge on any atom is 0.150 e. The van der Waals surface area contributed by atoms with Crippen LogP contribution in [0.1, 0.15) is 41.4 Å². The Labute approximate surface area is 192 Å². The summed E-state index contributed by atoms with van der Waals surface area (Å²) < 4.78 is 4.08. The van der Waals surface area contributed by atoms with Gasteiger partial charge in [-0.2, -0.15) is 0 Å². The van der Waals surface area contributed by atoms with E-state index in [1.165, 1.54) is 0 Å². The largest absolute Gasteiger partial charge is 0.298 e. The van der Waals surface area contributed by atoms with Gasteiger partial charge in [0.1, 0.15) is 25.1 Å². The Morgan fingerprint density at radius 1 is 0.382 bits per heavy atom. The second-order valence-electron chi connectivity index (χ2n) is 8.20. The van der Waals surface area contributed by atoms with Gasteiger partial charge >= 0.3 is 0 Å². The smallest absolute Gasteiger partial charge is 0.150 e. The van der Waals surface area contributed by atoms with E-state index < -0.39 is 0 Å². The predicted molar refractivity (Wildman–Crippen MR) is 131 cm³/mol. The van der Waals surface area contributed by atoms with Gasteiger partial charge in [-0.3, -0.25) is 19.2 Å². The van der Waals surface area contributed by atoms with E-state index in [1.807, 2.05) is 57.9 Å². The third-order valence-corrected chi connectivity index (χ3v) is 6.32. The minimum Gasteiger partial charge on any atom is -0.298 e. The van der Waals surface area contributed by atoms with E-state index in [2.05, 4.69) is 0 Å². The molecule has 0 aliphatic carbocycles. The van der Waals surface area contributed by atoms with Gasteiger partial charge in [-0.05, 0) is 72.8 Å². The normalized spacial score (nSPS) is 11.4. The molecule has 0 saturated carbocycles. The van der Waals surface area contributed by atoms with Crippen molar-refractivity contribution in [1.29, 1.82) is 0 Å². The number of fused-ring (bicyclic) bond motifs is 6. The summed E-state index contributed by atoms with van der Waals surface area (Å²) in [5.74, 6) is 0. The second-order valence-corrected chi connectivity index (χ2v) is 8.20. The number of aromatic nitrogens is 2. The number of nitrogens with zero attached hydrogens (tertiary/aromatic N) is 2. The van der Waals surface area contributed by atoms with Crippen LogP contribution in [0.3, 0.4) is 0 Å². The first-order chi connectivity index (χ1) is 16.7. The van der Waals surface area contributed by atoms with E-state index in [-0.39, 0.29) is 0 Å². The van der Waals surface area contributed by atoms with Crippen molar-refractivity contribution in [3.05, 3.63) is 95.1 Å². The van der Waals surface area contributed by atoms with Crippen LogP contribution in [0.2, 0.25) is 0 Å². The molecule has 0 atom stereocenters. The van der Waals surface area contributed by atoms with Gasteiger partial charge in [-0.1, -0.05) is 0 Å². The number of carbonyl (C=O) groups is 4. The molecule has 34 heavy (non-hydrogen) atoms. The third-order valence-electron chi connectivity index (χ3n) is 6.32. The fourth-order valence-electron chi connectivity index (χ4n) is 4.80. The van der Waals surface area contributed by atoms with Gasteiger partial charge in [0.25, 0.3) is 0 Å². The lowest BCUT2D eigenvalue weighted by Crippen LogP contribution is -2.08. The van der Waals surface area contributed by atoms with Crippen LogP contribution in [0.4, 0.5) is 0 Å². The van der Waals surface area contributed by atoms with Gasteiger partial charge in [0.15, 0.2) is 0 Å². The van der Waals surface area contributed by atoms with Gasteiger partial charge in [0.2, 0.25) is 0 Å². The zero-order chi connectivity index (χ0) is 23.4. The first kappa shape index (κ1) is 19.8. The van der Waals surface area contributed by atoms with E-state index in [9.17, 15) is 19.2 Å². The number of hydrogen-bond donors (Lipinski definition) is 0. The highest BCUT2D eigenvalue weighted by Crippen LogP contribution is 2.36. The topological polar surface area (TPSA) is 78.1 Å². The molecule has 6 aromatic rings. The third kappa shape index (κ3) is 2.69. The lowest BCUT2D eigenvalue weighted by molar-refractivity contribution is 0.111. The molecule has 0 amide bonds. The van der Waals surface area contributed by atoms with Crippen molar-refractivity contribution in [3.8, 4) is 0 Å². The Morgan fingerprint density at radius 3 is 0.824 bits per heavy atom. The molecule has 4 aromatic carbocycles. The highest BCUT2D eigenvalue weighted by Gasteiger charge is 2.19. The zero-order valence-electron chi connectivity index (χ0n) is 17.8. The van der Waals surface area contributed by atoms with Crippen LogP contribution in [0.15, 0.2) is 72.8 Å². The quantitative estimate of drug-likeness (QED) is 0.331.